The molecule has 0 saturated carbocycles. The molecule has 0 heterocycles. The molecule has 0 aromatic heterocycles. The first-order chi connectivity index (χ1) is 8.20. The Hall–Kier alpha value is -1.55. The summed E-state index contributed by atoms with van der Waals surface area (Å²) in [6.07, 6.45) is 1.55. The van der Waals surface area contributed by atoms with Crippen molar-refractivity contribution < 1.29 is 4.79 Å². The highest BCUT2D eigenvalue weighted by molar-refractivity contribution is 5.83. The maximum absolute atomic E-state index is 11.5. The van der Waals surface area contributed by atoms with Crippen LogP contribution in [0.5, 0.6) is 0 Å². The van der Waals surface area contributed by atoms with E-state index in [0.29, 0.717) is 13.0 Å². The fraction of sp³-hybridized carbons (Fsp3) is 0.462. The molecule has 4 N–H and O–H groups in total. The van der Waals surface area contributed by atoms with Gasteiger partial charge in [0.15, 0.2) is 0 Å². The lowest BCUT2D eigenvalue weighted by Crippen LogP contribution is -2.45. The minimum absolute atomic E-state index is 0.260. The smallest absolute Gasteiger partial charge is 0.240 e. The van der Waals surface area contributed by atoms with E-state index in [-0.39, 0.29) is 11.9 Å². The molecule has 0 spiro atoms. The zero-order valence-corrected chi connectivity index (χ0v) is 10.3. The Kier molecular flexibility index (Phi) is 5.49. The molecule has 0 aliphatic rings. The molecule has 4 nitrogen and oxygen atoms in total. The number of carbonyl (C=O) groups is 1. The number of carbonyl (C=O) groups excluding carboxylic acids is 1. The van der Waals surface area contributed by atoms with E-state index in [4.69, 9.17) is 11.5 Å². The topological polar surface area (TPSA) is 72.4 Å². The Balaban J connectivity index is 2.90. The third-order valence-electron chi connectivity index (χ3n) is 2.78. The van der Waals surface area contributed by atoms with Crippen LogP contribution in [0.2, 0.25) is 0 Å². The van der Waals surface area contributed by atoms with E-state index in [1.54, 1.807) is 0 Å². The number of nitrogens with two attached hydrogens (primary N) is 2. The van der Waals surface area contributed by atoms with Gasteiger partial charge in [0.2, 0.25) is 5.91 Å². The Labute approximate surface area is 103 Å². The fourth-order valence-corrected chi connectivity index (χ4v) is 1.92. The summed E-state index contributed by atoms with van der Waals surface area (Å²) in [6, 6.07) is 9.58. The van der Waals surface area contributed by atoms with Crippen LogP contribution in [0.4, 0.5) is 5.69 Å². The summed E-state index contributed by atoms with van der Waals surface area (Å²) in [5.41, 5.74) is 12.0. The van der Waals surface area contributed by atoms with Gasteiger partial charge in [-0.2, -0.15) is 0 Å². The van der Waals surface area contributed by atoms with Gasteiger partial charge in [0.25, 0.3) is 0 Å². The summed E-state index contributed by atoms with van der Waals surface area (Å²) in [7, 11) is 0. The molecule has 0 saturated heterocycles. The minimum atomic E-state index is -0.284. The van der Waals surface area contributed by atoms with Crippen LogP contribution in [0.1, 0.15) is 19.8 Å². The van der Waals surface area contributed by atoms with Gasteiger partial charge in [-0.3, -0.25) is 4.79 Å². The van der Waals surface area contributed by atoms with Gasteiger partial charge in [0, 0.05) is 12.2 Å². The molecule has 0 bridgehead atoms. The largest absolute Gasteiger partial charge is 0.368 e. The van der Waals surface area contributed by atoms with E-state index >= 15 is 0 Å². The highest BCUT2D eigenvalue weighted by Gasteiger charge is 2.21. The molecule has 4 heteroatoms. The predicted molar refractivity (Wildman–Crippen MR) is 70.7 cm³/mol. The number of anilines is 1. The van der Waals surface area contributed by atoms with Crippen LogP contribution in [0.25, 0.3) is 0 Å². The standard InChI is InChI=1S/C13H21N3O/c1-2-12(13(15)17)16(10-6-9-14)11-7-4-3-5-8-11/h3-5,7-8,12H,2,6,9-10,14H2,1H3,(H2,15,17). The number of primary amides is 1. The molecular formula is C13H21N3O. The van der Waals surface area contributed by atoms with Gasteiger partial charge in [-0.05, 0) is 31.5 Å². The van der Waals surface area contributed by atoms with Crippen LogP contribution in [-0.2, 0) is 4.79 Å². The molecule has 1 aromatic carbocycles. The summed E-state index contributed by atoms with van der Waals surface area (Å²) in [6.45, 7) is 3.33. The maximum atomic E-state index is 11.5. The average molecular weight is 235 g/mol. The van der Waals surface area contributed by atoms with Gasteiger partial charge in [-0.25, -0.2) is 0 Å². The van der Waals surface area contributed by atoms with Gasteiger partial charge in [0.1, 0.15) is 6.04 Å². The van der Waals surface area contributed by atoms with Crippen molar-refractivity contribution in [2.75, 3.05) is 18.0 Å². The monoisotopic (exact) mass is 235 g/mol. The van der Waals surface area contributed by atoms with E-state index in [1.165, 1.54) is 0 Å². The second kappa shape index (κ2) is 6.91. The van der Waals surface area contributed by atoms with E-state index in [2.05, 4.69) is 0 Å². The van der Waals surface area contributed by atoms with Crippen LogP contribution < -0.4 is 16.4 Å². The average Bonchev–Trinajstić information content (AvgIpc) is 2.35. The van der Waals surface area contributed by atoms with Crippen molar-refractivity contribution in [2.45, 2.75) is 25.8 Å². The van der Waals surface area contributed by atoms with E-state index in [1.807, 2.05) is 42.2 Å². The number of hydrogen-bond acceptors (Lipinski definition) is 3. The van der Waals surface area contributed by atoms with Gasteiger partial charge in [0.05, 0.1) is 0 Å². The fourth-order valence-electron chi connectivity index (χ4n) is 1.92. The number of rotatable bonds is 7. The van der Waals surface area contributed by atoms with Crippen molar-refractivity contribution in [2.24, 2.45) is 11.5 Å². The maximum Gasteiger partial charge on any atom is 0.240 e. The molecule has 0 radical (unpaired) electrons. The zero-order valence-electron chi connectivity index (χ0n) is 10.3. The molecule has 1 amide bonds. The summed E-state index contributed by atoms with van der Waals surface area (Å²) >= 11 is 0. The van der Waals surface area contributed by atoms with Gasteiger partial charge >= 0.3 is 0 Å². The third kappa shape index (κ3) is 3.75. The quantitative estimate of drug-likeness (QED) is 0.743. The first-order valence-corrected chi connectivity index (χ1v) is 6.01. The Morgan fingerprint density at radius 3 is 2.47 bits per heavy atom. The predicted octanol–water partition coefficient (Wildman–Crippen LogP) is 1.11. The Bertz CT molecular complexity index is 340. The number of para-hydroxylation sites is 1. The molecule has 0 aliphatic heterocycles. The van der Waals surface area contributed by atoms with Crippen molar-refractivity contribution in [3.63, 3.8) is 0 Å². The highest BCUT2D eigenvalue weighted by Crippen LogP contribution is 2.18. The van der Waals surface area contributed by atoms with Gasteiger partial charge in [-0.1, -0.05) is 25.1 Å². The number of amides is 1. The SMILES string of the molecule is CCC(C(N)=O)N(CCCN)c1ccccc1. The lowest BCUT2D eigenvalue weighted by atomic mass is 10.1. The molecule has 0 fully saturated rings. The summed E-state index contributed by atoms with van der Waals surface area (Å²) in [4.78, 5) is 13.5. The van der Waals surface area contributed by atoms with Crippen molar-refractivity contribution in [1.82, 2.24) is 0 Å². The Morgan fingerprint density at radius 1 is 1.35 bits per heavy atom. The van der Waals surface area contributed by atoms with E-state index < -0.39 is 0 Å². The summed E-state index contributed by atoms with van der Waals surface area (Å²) in [5, 5.41) is 0. The molecule has 17 heavy (non-hydrogen) atoms. The molecule has 0 aliphatic carbocycles. The van der Waals surface area contributed by atoms with Crippen molar-refractivity contribution in [3.05, 3.63) is 30.3 Å². The summed E-state index contributed by atoms with van der Waals surface area (Å²) in [5.74, 6) is -0.284. The molecule has 1 aromatic rings. The minimum Gasteiger partial charge on any atom is -0.368 e. The van der Waals surface area contributed by atoms with Gasteiger partial charge < -0.3 is 16.4 Å². The van der Waals surface area contributed by atoms with Crippen molar-refractivity contribution in [1.29, 1.82) is 0 Å². The van der Waals surface area contributed by atoms with Crippen LogP contribution in [0, 0.1) is 0 Å². The van der Waals surface area contributed by atoms with E-state index in [9.17, 15) is 4.79 Å². The lowest BCUT2D eigenvalue weighted by molar-refractivity contribution is -0.119. The van der Waals surface area contributed by atoms with Crippen molar-refractivity contribution >= 4 is 11.6 Å². The number of hydrogen-bond donors (Lipinski definition) is 2. The number of nitrogens with zero attached hydrogens (tertiary/aromatic N) is 1. The van der Waals surface area contributed by atoms with Crippen LogP contribution in [-0.4, -0.2) is 25.0 Å². The molecule has 1 atom stereocenters. The molecule has 1 unspecified atom stereocenters. The molecule has 94 valence electrons. The zero-order chi connectivity index (χ0) is 12.7. The second-order valence-electron chi connectivity index (χ2n) is 4.00. The van der Waals surface area contributed by atoms with E-state index in [0.717, 1.165) is 18.7 Å². The van der Waals surface area contributed by atoms with Gasteiger partial charge in [-0.15, -0.1) is 0 Å². The molecule has 1 rings (SSSR count). The van der Waals surface area contributed by atoms with Crippen LogP contribution >= 0.6 is 0 Å². The van der Waals surface area contributed by atoms with Crippen molar-refractivity contribution in [3.8, 4) is 0 Å². The first kappa shape index (κ1) is 13.5. The van der Waals surface area contributed by atoms with Crippen LogP contribution in [0.15, 0.2) is 30.3 Å². The Morgan fingerprint density at radius 2 is 2.00 bits per heavy atom. The molecular weight excluding hydrogens is 214 g/mol. The number of benzene rings is 1. The highest BCUT2D eigenvalue weighted by atomic mass is 16.1. The third-order valence-corrected chi connectivity index (χ3v) is 2.78. The second-order valence-corrected chi connectivity index (χ2v) is 4.00. The first-order valence-electron chi connectivity index (χ1n) is 6.01. The summed E-state index contributed by atoms with van der Waals surface area (Å²) < 4.78 is 0. The van der Waals surface area contributed by atoms with Crippen LogP contribution in [0.3, 0.4) is 0 Å². The normalized spacial score (nSPS) is 12.1. The lowest BCUT2D eigenvalue weighted by Gasteiger charge is -2.31.